The summed E-state index contributed by atoms with van der Waals surface area (Å²) in [6, 6.07) is 11.7. The average molecular weight is 572 g/mol. The molecule has 1 amide bonds. The molecule has 0 saturated carbocycles. The number of alkyl halides is 3. The van der Waals surface area contributed by atoms with Crippen LogP contribution in [0.4, 0.5) is 13.2 Å². The van der Waals surface area contributed by atoms with E-state index in [0.717, 1.165) is 17.7 Å². The Kier molecular flexibility index (Phi) is 8.10. The van der Waals surface area contributed by atoms with Crippen molar-refractivity contribution in [3.63, 3.8) is 0 Å². The Hall–Kier alpha value is -3.83. The van der Waals surface area contributed by atoms with Gasteiger partial charge in [-0.2, -0.15) is 13.2 Å². The highest BCUT2D eigenvalue weighted by molar-refractivity contribution is 5.98. The number of amides is 1. The molecule has 3 atom stereocenters. The first-order valence-corrected chi connectivity index (χ1v) is 13.4. The number of carbonyl (C=O) groups excluding carboxylic acids is 1. The smallest absolute Gasteiger partial charge is 0.416 e. The van der Waals surface area contributed by atoms with E-state index in [4.69, 9.17) is 14.2 Å². The summed E-state index contributed by atoms with van der Waals surface area (Å²) in [5, 5.41) is 9.91. The second-order valence-corrected chi connectivity index (χ2v) is 10.7. The zero-order chi connectivity index (χ0) is 29.3. The summed E-state index contributed by atoms with van der Waals surface area (Å²) >= 11 is 0. The number of rotatable bonds is 7. The molecule has 1 N–H and O–H groups in total. The number of aliphatic hydroxyl groups excluding tert-OH is 1. The van der Waals surface area contributed by atoms with Crippen molar-refractivity contribution in [3.8, 4) is 28.5 Å². The Morgan fingerprint density at radius 1 is 1.12 bits per heavy atom. The topological polar surface area (TPSA) is 84.4 Å². The highest BCUT2D eigenvalue weighted by Gasteiger charge is 2.35. The molecule has 0 saturated heterocycles. The van der Waals surface area contributed by atoms with Crippen molar-refractivity contribution in [2.45, 2.75) is 38.7 Å². The van der Waals surface area contributed by atoms with Gasteiger partial charge in [-0.05, 0) is 55.4 Å². The summed E-state index contributed by atoms with van der Waals surface area (Å²) in [4.78, 5) is 21.8. The fourth-order valence-corrected chi connectivity index (χ4v) is 5.08. The molecule has 2 aliphatic rings. The summed E-state index contributed by atoms with van der Waals surface area (Å²) in [5.41, 5.74) is 1.01. The van der Waals surface area contributed by atoms with E-state index in [2.05, 4.69) is 9.88 Å². The minimum atomic E-state index is -4.50. The maximum atomic E-state index is 13.7. The van der Waals surface area contributed by atoms with Crippen LogP contribution in [0.15, 0.2) is 54.7 Å². The van der Waals surface area contributed by atoms with Crippen LogP contribution < -0.4 is 14.2 Å². The van der Waals surface area contributed by atoms with Gasteiger partial charge in [0, 0.05) is 37.3 Å². The van der Waals surface area contributed by atoms with E-state index in [0.29, 0.717) is 36.7 Å². The second-order valence-electron chi connectivity index (χ2n) is 10.7. The number of fused-ring (bicyclic) bond motifs is 2. The van der Waals surface area contributed by atoms with E-state index in [1.165, 1.54) is 24.4 Å². The SMILES string of the molecule is C[C@H](CO)N1C[C@H](C)[C@H](CN(C)Cc2ccc3c(c2)OCO3)Oc2ncc(-c3cccc(C(F)(F)F)c3)cc2C1=O. The quantitative estimate of drug-likeness (QED) is 0.434. The molecule has 0 bridgehead atoms. The summed E-state index contributed by atoms with van der Waals surface area (Å²) in [6.07, 6.45) is -3.46. The van der Waals surface area contributed by atoms with E-state index in [9.17, 15) is 23.1 Å². The molecule has 0 spiro atoms. The number of pyridine rings is 1. The molecule has 218 valence electrons. The largest absolute Gasteiger partial charge is 0.472 e. The normalized spacial score (nSPS) is 19.4. The lowest BCUT2D eigenvalue weighted by Crippen LogP contribution is -2.49. The number of benzene rings is 2. The van der Waals surface area contributed by atoms with Gasteiger partial charge in [0.1, 0.15) is 11.7 Å². The van der Waals surface area contributed by atoms with Gasteiger partial charge in [-0.1, -0.05) is 25.1 Å². The summed E-state index contributed by atoms with van der Waals surface area (Å²) in [7, 11) is 1.96. The molecule has 3 aromatic rings. The van der Waals surface area contributed by atoms with Crippen molar-refractivity contribution in [2.75, 3.05) is 33.5 Å². The molecule has 2 aromatic carbocycles. The first-order valence-electron chi connectivity index (χ1n) is 13.4. The van der Waals surface area contributed by atoms with E-state index in [1.54, 1.807) is 11.8 Å². The fourth-order valence-electron chi connectivity index (χ4n) is 5.08. The number of aliphatic hydroxyl groups is 1. The van der Waals surface area contributed by atoms with Crippen LogP contribution >= 0.6 is 0 Å². The molecule has 2 aliphatic heterocycles. The molecule has 0 unspecified atom stereocenters. The molecule has 0 aliphatic carbocycles. The van der Waals surface area contributed by atoms with Gasteiger partial charge in [0.2, 0.25) is 12.7 Å². The van der Waals surface area contributed by atoms with Crippen LogP contribution in [0.25, 0.3) is 11.1 Å². The molecule has 41 heavy (non-hydrogen) atoms. The zero-order valence-corrected chi connectivity index (χ0v) is 23.0. The van der Waals surface area contributed by atoms with Crippen LogP contribution in [0.5, 0.6) is 17.4 Å². The molecule has 5 rings (SSSR count). The number of likely N-dealkylation sites (N-methyl/N-ethyl adjacent to an activating group) is 1. The molecule has 1 aromatic heterocycles. The summed E-state index contributed by atoms with van der Waals surface area (Å²) in [6.45, 7) is 5.10. The number of carbonyl (C=O) groups is 1. The van der Waals surface area contributed by atoms with E-state index >= 15 is 0 Å². The van der Waals surface area contributed by atoms with Gasteiger partial charge in [-0.3, -0.25) is 9.69 Å². The molecule has 3 heterocycles. The summed E-state index contributed by atoms with van der Waals surface area (Å²) < 4.78 is 57.3. The number of halogens is 3. The predicted octanol–water partition coefficient (Wildman–Crippen LogP) is 4.85. The van der Waals surface area contributed by atoms with Gasteiger partial charge < -0.3 is 24.2 Å². The maximum Gasteiger partial charge on any atom is 0.416 e. The average Bonchev–Trinajstić information content (AvgIpc) is 3.42. The number of ether oxygens (including phenoxy) is 3. The van der Waals surface area contributed by atoms with Crippen LogP contribution in [0.2, 0.25) is 0 Å². The predicted molar refractivity (Wildman–Crippen MR) is 145 cm³/mol. The van der Waals surface area contributed by atoms with Gasteiger partial charge in [-0.15, -0.1) is 0 Å². The minimum Gasteiger partial charge on any atom is -0.472 e. The van der Waals surface area contributed by atoms with Gasteiger partial charge >= 0.3 is 6.18 Å². The molecule has 11 heteroatoms. The van der Waals surface area contributed by atoms with Crippen molar-refractivity contribution in [1.82, 2.24) is 14.8 Å². The number of aromatic nitrogens is 1. The van der Waals surface area contributed by atoms with Crippen molar-refractivity contribution in [3.05, 3.63) is 71.4 Å². The molecule has 0 radical (unpaired) electrons. The highest BCUT2D eigenvalue weighted by atomic mass is 19.4. The van der Waals surface area contributed by atoms with Gasteiger partial charge in [0.25, 0.3) is 5.91 Å². The minimum absolute atomic E-state index is 0.105. The Balaban J connectivity index is 1.43. The van der Waals surface area contributed by atoms with E-state index in [1.807, 2.05) is 32.2 Å². The van der Waals surface area contributed by atoms with Gasteiger partial charge in [-0.25, -0.2) is 4.98 Å². The highest BCUT2D eigenvalue weighted by Crippen LogP contribution is 2.35. The molecular weight excluding hydrogens is 539 g/mol. The number of hydrogen-bond acceptors (Lipinski definition) is 7. The molecular formula is C30H32F3N3O5. The van der Waals surface area contributed by atoms with E-state index in [-0.39, 0.29) is 42.4 Å². The molecule has 8 nitrogen and oxygen atoms in total. The third-order valence-corrected chi connectivity index (χ3v) is 7.43. The van der Waals surface area contributed by atoms with Gasteiger partial charge in [0.15, 0.2) is 11.5 Å². The van der Waals surface area contributed by atoms with Crippen molar-refractivity contribution >= 4 is 5.91 Å². The van der Waals surface area contributed by atoms with Crippen molar-refractivity contribution in [2.24, 2.45) is 5.92 Å². The number of hydrogen-bond donors (Lipinski definition) is 1. The standard InChI is InChI=1S/C30H32F3N3O5/c1-18-13-36(19(2)16-37)29(38)24-11-22(21-5-4-6-23(10-21)30(31,32)33)12-34-28(24)41-27(18)15-35(3)14-20-7-8-25-26(9-20)40-17-39-25/h4-12,18-19,27,37H,13-17H2,1-3H3/t18-,19+,27-/m0/s1. The van der Waals surface area contributed by atoms with Crippen molar-refractivity contribution in [1.29, 1.82) is 0 Å². The Labute approximate surface area is 236 Å². The van der Waals surface area contributed by atoms with Crippen LogP contribution in [0.1, 0.15) is 35.3 Å². The Morgan fingerprint density at radius 3 is 2.66 bits per heavy atom. The fraction of sp³-hybridized carbons (Fsp3) is 0.400. The van der Waals surface area contributed by atoms with Crippen LogP contribution in [-0.2, 0) is 12.7 Å². The zero-order valence-electron chi connectivity index (χ0n) is 23.0. The Morgan fingerprint density at radius 2 is 1.90 bits per heavy atom. The van der Waals surface area contributed by atoms with Crippen LogP contribution in [0, 0.1) is 5.92 Å². The lowest BCUT2D eigenvalue weighted by atomic mass is 9.98. The number of nitrogens with zero attached hydrogens (tertiary/aromatic N) is 3. The maximum absolute atomic E-state index is 13.7. The lowest BCUT2D eigenvalue weighted by Gasteiger charge is -2.37. The second kappa shape index (κ2) is 11.6. The van der Waals surface area contributed by atoms with Crippen LogP contribution in [-0.4, -0.2) is 71.5 Å². The van der Waals surface area contributed by atoms with Gasteiger partial charge in [0.05, 0.1) is 18.2 Å². The van der Waals surface area contributed by atoms with Crippen molar-refractivity contribution < 1.29 is 37.3 Å². The third-order valence-electron chi connectivity index (χ3n) is 7.43. The van der Waals surface area contributed by atoms with Crippen LogP contribution in [0.3, 0.4) is 0 Å². The van der Waals surface area contributed by atoms with E-state index < -0.39 is 23.7 Å². The lowest BCUT2D eigenvalue weighted by molar-refractivity contribution is -0.137. The summed E-state index contributed by atoms with van der Waals surface area (Å²) in [5.74, 6) is 0.998. The monoisotopic (exact) mass is 571 g/mol. The third kappa shape index (κ3) is 6.25. The Bertz CT molecular complexity index is 1420. The molecule has 0 fully saturated rings. The first kappa shape index (κ1) is 28.7. The first-order chi connectivity index (χ1) is 19.5.